The Balaban J connectivity index is 1.79. The number of nitrogens with one attached hydrogen (secondary N) is 2. The number of halogens is 3. The molecule has 2 N–H and O–H groups in total. The zero-order chi connectivity index (χ0) is 21.6. The van der Waals surface area contributed by atoms with Crippen LogP contribution in [0.5, 0.6) is 0 Å². The Labute approximate surface area is 171 Å². The van der Waals surface area contributed by atoms with E-state index in [9.17, 15) is 18.0 Å². The second kappa shape index (κ2) is 7.39. The van der Waals surface area contributed by atoms with Crippen LogP contribution in [0.1, 0.15) is 43.0 Å². The SMILES string of the molecule is C[C@@H](Nc1ncnc2c1cc(C1(C)CNC1)c(=O)n2C)c1cccc(C(F)F)c1F. The molecule has 0 aliphatic carbocycles. The Morgan fingerprint density at radius 1 is 1.23 bits per heavy atom. The van der Waals surface area contributed by atoms with E-state index in [4.69, 9.17) is 0 Å². The van der Waals surface area contributed by atoms with E-state index in [1.807, 2.05) is 6.92 Å². The normalized spacial score (nSPS) is 16.5. The van der Waals surface area contributed by atoms with Crippen LogP contribution in [0.15, 0.2) is 35.4 Å². The first-order valence-electron chi connectivity index (χ1n) is 9.62. The summed E-state index contributed by atoms with van der Waals surface area (Å²) >= 11 is 0. The minimum atomic E-state index is -2.90. The van der Waals surface area contributed by atoms with Gasteiger partial charge in [-0.15, -0.1) is 0 Å². The van der Waals surface area contributed by atoms with Gasteiger partial charge < -0.3 is 10.6 Å². The predicted molar refractivity (Wildman–Crippen MR) is 108 cm³/mol. The van der Waals surface area contributed by atoms with Crippen molar-refractivity contribution in [1.82, 2.24) is 19.9 Å². The Morgan fingerprint density at radius 3 is 2.57 bits per heavy atom. The fourth-order valence-electron chi connectivity index (χ4n) is 3.86. The van der Waals surface area contributed by atoms with E-state index in [1.54, 1.807) is 20.0 Å². The lowest BCUT2D eigenvalue weighted by molar-refractivity contribution is 0.146. The van der Waals surface area contributed by atoms with Crippen molar-refractivity contribution in [2.24, 2.45) is 7.05 Å². The minimum absolute atomic E-state index is 0.111. The van der Waals surface area contributed by atoms with Crippen molar-refractivity contribution in [3.8, 4) is 0 Å². The van der Waals surface area contributed by atoms with E-state index < -0.39 is 23.8 Å². The highest BCUT2D eigenvalue weighted by atomic mass is 19.3. The number of aromatic nitrogens is 3. The van der Waals surface area contributed by atoms with E-state index in [-0.39, 0.29) is 16.5 Å². The number of benzene rings is 1. The third-order valence-electron chi connectivity index (χ3n) is 5.80. The molecule has 3 aromatic rings. The third-order valence-corrected chi connectivity index (χ3v) is 5.80. The molecular formula is C21H22F3N5O. The van der Waals surface area contributed by atoms with Crippen molar-refractivity contribution in [2.45, 2.75) is 31.7 Å². The van der Waals surface area contributed by atoms with Crippen LogP contribution in [0.3, 0.4) is 0 Å². The number of aryl methyl sites for hydroxylation is 1. The summed E-state index contributed by atoms with van der Waals surface area (Å²) in [5.74, 6) is -0.533. The van der Waals surface area contributed by atoms with Gasteiger partial charge in [0.05, 0.1) is 17.0 Å². The topological polar surface area (TPSA) is 71.8 Å². The van der Waals surface area contributed by atoms with Crippen molar-refractivity contribution in [3.05, 3.63) is 63.5 Å². The summed E-state index contributed by atoms with van der Waals surface area (Å²) in [5, 5.41) is 6.90. The molecule has 30 heavy (non-hydrogen) atoms. The highest BCUT2D eigenvalue weighted by Crippen LogP contribution is 2.32. The molecule has 1 aliphatic heterocycles. The molecule has 0 radical (unpaired) electrons. The van der Waals surface area contributed by atoms with Crippen LogP contribution in [-0.4, -0.2) is 27.6 Å². The lowest BCUT2D eigenvalue weighted by atomic mass is 9.77. The van der Waals surface area contributed by atoms with Gasteiger partial charge in [0.15, 0.2) is 0 Å². The molecule has 1 aromatic carbocycles. The lowest BCUT2D eigenvalue weighted by Gasteiger charge is -2.39. The smallest absolute Gasteiger partial charge is 0.266 e. The van der Waals surface area contributed by atoms with Crippen molar-refractivity contribution in [3.63, 3.8) is 0 Å². The second-order valence-electron chi connectivity index (χ2n) is 7.96. The maximum absolute atomic E-state index is 14.6. The van der Waals surface area contributed by atoms with Crippen molar-refractivity contribution in [1.29, 1.82) is 0 Å². The minimum Gasteiger partial charge on any atom is -0.363 e. The highest BCUT2D eigenvalue weighted by Gasteiger charge is 2.36. The molecule has 3 heterocycles. The summed E-state index contributed by atoms with van der Waals surface area (Å²) in [5.41, 5.74) is 0.140. The fourth-order valence-corrected chi connectivity index (χ4v) is 3.86. The Morgan fingerprint density at radius 2 is 1.93 bits per heavy atom. The third kappa shape index (κ3) is 3.23. The van der Waals surface area contributed by atoms with E-state index in [0.29, 0.717) is 35.5 Å². The number of rotatable bonds is 5. The summed E-state index contributed by atoms with van der Waals surface area (Å²) in [4.78, 5) is 21.4. The molecule has 1 aliphatic rings. The monoisotopic (exact) mass is 417 g/mol. The van der Waals surface area contributed by atoms with Gasteiger partial charge in [-0.3, -0.25) is 9.36 Å². The molecule has 1 saturated heterocycles. The number of anilines is 1. The molecule has 9 heteroatoms. The van der Waals surface area contributed by atoms with Gasteiger partial charge in [0.1, 0.15) is 23.6 Å². The molecule has 6 nitrogen and oxygen atoms in total. The van der Waals surface area contributed by atoms with Crippen LogP contribution in [0.4, 0.5) is 19.0 Å². The molecule has 4 rings (SSSR count). The molecule has 2 aromatic heterocycles. The van der Waals surface area contributed by atoms with E-state index in [1.165, 1.54) is 23.0 Å². The van der Waals surface area contributed by atoms with E-state index in [2.05, 4.69) is 20.6 Å². The first-order chi connectivity index (χ1) is 14.2. The summed E-state index contributed by atoms with van der Waals surface area (Å²) in [7, 11) is 1.65. The summed E-state index contributed by atoms with van der Waals surface area (Å²) in [6, 6.07) is 5.08. The number of nitrogens with zero attached hydrogens (tertiary/aromatic N) is 3. The zero-order valence-electron chi connectivity index (χ0n) is 16.8. The zero-order valence-corrected chi connectivity index (χ0v) is 16.8. The van der Waals surface area contributed by atoms with Gasteiger partial charge in [0.2, 0.25) is 0 Å². The van der Waals surface area contributed by atoms with Crippen molar-refractivity contribution < 1.29 is 13.2 Å². The Hall–Kier alpha value is -2.94. The quantitative estimate of drug-likeness (QED) is 0.666. The average molecular weight is 417 g/mol. The van der Waals surface area contributed by atoms with Crippen LogP contribution in [0.2, 0.25) is 0 Å². The van der Waals surface area contributed by atoms with Crippen molar-refractivity contribution >= 4 is 16.9 Å². The van der Waals surface area contributed by atoms with Gasteiger partial charge in [0.25, 0.3) is 12.0 Å². The molecule has 1 atom stereocenters. The molecular weight excluding hydrogens is 395 g/mol. The van der Waals surface area contributed by atoms with Gasteiger partial charge in [-0.05, 0) is 13.0 Å². The number of alkyl halides is 2. The number of hydrogen-bond donors (Lipinski definition) is 2. The van der Waals surface area contributed by atoms with Crippen LogP contribution in [-0.2, 0) is 12.5 Å². The van der Waals surface area contributed by atoms with Crippen LogP contribution in [0.25, 0.3) is 11.0 Å². The molecule has 158 valence electrons. The Kier molecular flexibility index (Phi) is 5.01. The number of pyridine rings is 1. The van der Waals surface area contributed by atoms with E-state index >= 15 is 0 Å². The van der Waals surface area contributed by atoms with E-state index in [0.717, 1.165) is 6.07 Å². The first kappa shape index (κ1) is 20.3. The molecule has 0 bridgehead atoms. The summed E-state index contributed by atoms with van der Waals surface area (Å²) in [6.45, 7) is 5.05. The molecule has 0 unspecified atom stereocenters. The van der Waals surface area contributed by atoms with Gasteiger partial charge in [0, 0.05) is 36.7 Å². The Bertz CT molecular complexity index is 1170. The molecule has 0 spiro atoms. The predicted octanol–water partition coefficient (Wildman–Crippen LogP) is 3.44. The van der Waals surface area contributed by atoms with Gasteiger partial charge in [-0.1, -0.05) is 25.1 Å². The second-order valence-corrected chi connectivity index (χ2v) is 7.96. The first-order valence-corrected chi connectivity index (χ1v) is 9.62. The van der Waals surface area contributed by atoms with Gasteiger partial charge in [-0.2, -0.15) is 0 Å². The standard InChI is InChI=1S/C21H22F3N5O/c1-11(12-5-4-6-13(16(12)22)17(23)24)28-18-14-7-15(21(2)8-25-9-21)20(30)29(3)19(14)27-10-26-18/h4-7,10-11,17,25H,8-9H2,1-3H3,(H,26,27,28)/t11-/m1/s1. The average Bonchev–Trinajstić information content (AvgIpc) is 2.69. The largest absolute Gasteiger partial charge is 0.363 e. The van der Waals surface area contributed by atoms with Gasteiger partial charge >= 0.3 is 0 Å². The fraction of sp³-hybridized carbons (Fsp3) is 0.381. The molecule has 1 fully saturated rings. The summed E-state index contributed by atoms with van der Waals surface area (Å²) < 4.78 is 42.2. The molecule has 0 amide bonds. The number of fused-ring (bicyclic) bond motifs is 1. The van der Waals surface area contributed by atoms with Gasteiger partial charge in [-0.25, -0.2) is 23.1 Å². The maximum Gasteiger partial charge on any atom is 0.266 e. The highest BCUT2D eigenvalue weighted by molar-refractivity contribution is 5.87. The summed E-state index contributed by atoms with van der Waals surface area (Å²) in [6.07, 6.45) is -1.58. The maximum atomic E-state index is 14.6. The van der Waals surface area contributed by atoms with Crippen LogP contribution >= 0.6 is 0 Å². The molecule has 0 saturated carbocycles. The van der Waals surface area contributed by atoms with Crippen LogP contribution in [0, 0.1) is 5.82 Å². The lowest BCUT2D eigenvalue weighted by Crippen LogP contribution is -2.57. The van der Waals surface area contributed by atoms with Crippen molar-refractivity contribution in [2.75, 3.05) is 18.4 Å². The number of hydrogen-bond acceptors (Lipinski definition) is 5. The van der Waals surface area contributed by atoms with Crippen LogP contribution < -0.4 is 16.2 Å².